The predicted octanol–water partition coefficient (Wildman–Crippen LogP) is 2.25. The molecular formula is C10H12F3N. The van der Waals surface area contributed by atoms with Gasteiger partial charge in [0.2, 0.25) is 0 Å². The highest BCUT2D eigenvalue weighted by molar-refractivity contribution is 5.21. The average Bonchev–Trinajstić information content (AvgIpc) is 2.19. The molecule has 4 heteroatoms. The van der Waals surface area contributed by atoms with Gasteiger partial charge in [-0.15, -0.1) is 0 Å². The molecule has 1 N–H and O–H groups in total. The Morgan fingerprint density at radius 2 is 1.86 bits per heavy atom. The molecule has 1 aromatic carbocycles. The molecule has 1 nitrogen and oxygen atoms in total. The maximum Gasteiger partial charge on any atom is 0.194 e. The van der Waals surface area contributed by atoms with Crippen LogP contribution in [0.3, 0.4) is 0 Å². The molecule has 1 rings (SSSR count). The van der Waals surface area contributed by atoms with Crippen molar-refractivity contribution < 1.29 is 13.2 Å². The smallest absolute Gasteiger partial charge is 0.194 e. The Morgan fingerprint density at radius 3 is 2.43 bits per heavy atom. The Hall–Kier alpha value is -1.03. The van der Waals surface area contributed by atoms with Crippen LogP contribution in [-0.2, 0) is 6.42 Å². The topological polar surface area (TPSA) is 12.0 Å². The predicted molar refractivity (Wildman–Crippen MR) is 48.5 cm³/mol. The van der Waals surface area contributed by atoms with Gasteiger partial charge in [0.1, 0.15) is 0 Å². The summed E-state index contributed by atoms with van der Waals surface area (Å²) in [5, 5.41) is 2.89. The Labute approximate surface area is 80.9 Å². The van der Waals surface area contributed by atoms with Crippen LogP contribution in [0.1, 0.15) is 12.5 Å². The van der Waals surface area contributed by atoms with Crippen molar-refractivity contribution in [1.82, 2.24) is 5.32 Å². The van der Waals surface area contributed by atoms with Crippen molar-refractivity contribution in [3.63, 3.8) is 0 Å². The van der Waals surface area contributed by atoms with Crippen LogP contribution in [0.2, 0.25) is 0 Å². The average molecular weight is 203 g/mol. The fourth-order valence-electron chi connectivity index (χ4n) is 1.16. The van der Waals surface area contributed by atoms with Crippen molar-refractivity contribution >= 4 is 0 Å². The molecule has 0 aliphatic rings. The number of halogens is 3. The lowest BCUT2D eigenvalue weighted by Gasteiger charge is -2.10. The summed E-state index contributed by atoms with van der Waals surface area (Å²) in [6.45, 7) is 1.83. The van der Waals surface area contributed by atoms with E-state index in [4.69, 9.17) is 0 Å². The van der Waals surface area contributed by atoms with E-state index in [2.05, 4.69) is 5.32 Å². The molecule has 0 aromatic heterocycles. The molecule has 0 aliphatic heterocycles. The molecule has 0 bridgehead atoms. The summed E-state index contributed by atoms with van der Waals surface area (Å²) >= 11 is 0. The standard InChI is InChI=1S/C10H12F3N/c1-6(14-2)5-7-3-4-8(11)10(13)9(7)12/h3-4,6,14H,5H2,1-2H3. The first kappa shape index (κ1) is 11.0. The van der Waals surface area contributed by atoms with E-state index in [1.165, 1.54) is 6.07 Å². The molecule has 0 saturated carbocycles. The first-order valence-electron chi connectivity index (χ1n) is 4.36. The quantitative estimate of drug-likeness (QED) is 0.743. The molecule has 14 heavy (non-hydrogen) atoms. The summed E-state index contributed by atoms with van der Waals surface area (Å²) in [5.74, 6) is -3.64. The zero-order chi connectivity index (χ0) is 10.7. The van der Waals surface area contributed by atoms with E-state index in [-0.39, 0.29) is 11.6 Å². The second-order valence-corrected chi connectivity index (χ2v) is 3.23. The maximum atomic E-state index is 13.1. The first-order valence-corrected chi connectivity index (χ1v) is 4.36. The van der Waals surface area contributed by atoms with Gasteiger partial charge in [0.05, 0.1) is 0 Å². The number of hydrogen-bond donors (Lipinski definition) is 1. The fraction of sp³-hybridized carbons (Fsp3) is 0.400. The van der Waals surface area contributed by atoms with Gasteiger partial charge in [-0.05, 0) is 32.0 Å². The third-order valence-corrected chi connectivity index (χ3v) is 2.13. The molecule has 1 aromatic rings. The molecular weight excluding hydrogens is 191 g/mol. The van der Waals surface area contributed by atoms with E-state index in [9.17, 15) is 13.2 Å². The molecule has 1 atom stereocenters. The van der Waals surface area contributed by atoms with Crippen molar-refractivity contribution in [2.45, 2.75) is 19.4 Å². The van der Waals surface area contributed by atoms with Gasteiger partial charge in [0.15, 0.2) is 17.5 Å². The van der Waals surface area contributed by atoms with Crippen LogP contribution in [0.25, 0.3) is 0 Å². The maximum absolute atomic E-state index is 13.1. The first-order chi connectivity index (χ1) is 6.56. The van der Waals surface area contributed by atoms with E-state index < -0.39 is 17.5 Å². The Kier molecular flexibility index (Phi) is 3.52. The lowest BCUT2D eigenvalue weighted by molar-refractivity contribution is 0.437. The summed E-state index contributed by atoms with van der Waals surface area (Å²) in [4.78, 5) is 0. The van der Waals surface area contributed by atoms with Gasteiger partial charge < -0.3 is 5.32 Å². The highest BCUT2D eigenvalue weighted by Gasteiger charge is 2.14. The largest absolute Gasteiger partial charge is 0.317 e. The van der Waals surface area contributed by atoms with Crippen molar-refractivity contribution in [2.24, 2.45) is 0 Å². The molecule has 0 radical (unpaired) electrons. The van der Waals surface area contributed by atoms with Crippen LogP contribution in [-0.4, -0.2) is 13.1 Å². The van der Waals surface area contributed by atoms with Crippen LogP contribution in [0.15, 0.2) is 12.1 Å². The second kappa shape index (κ2) is 4.46. The minimum absolute atomic E-state index is 0.0226. The molecule has 0 amide bonds. The molecule has 0 aliphatic carbocycles. The van der Waals surface area contributed by atoms with Crippen molar-refractivity contribution in [3.05, 3.63) is 35.1 Å². The van der Waals surface area contributed by atoms with Crippen LogP contribution < -0.4 is 5.32 Å². The number of rotatable bonds is 3. The van der Waals surface area contributed by atoms with Crippen LogP contribution in [0.5, 0.6) is 0 Å². The molecule has 0 saturated heterocycles. The molecule has 0 heterocycles. The summed E-state index contributed by atoms with van der Waals surface area (Å²) in [5.41, 5.74) is 0.186. The summed E-state index contributed by atoms with van der Waals surface area (Å²) in [6.07, 6.45) is 0.333. The lowest BCUT2D eigenvalue weighted by Crippen LogP contribution is -2.24. The van der Waals surface area contributed by atoms with Crippen molar-refractivity contribution in [2.75, 3.05) is 7.05 Å². The van der Waals surface area contributed by atoms with Gasteiger partial charge >= 0.3 is 0 Å². The Bertz CT molecular complexity index is 325. The van der Waals surface area contributed by atoms with Gasteiger partial charge in [-0.1, -0.05) is 6.07 Å². The number of nitrogens with one attached hydrogen (secondary N) is 1. The summed E-state index contributed by atoms with van der Waals surface area (Å²) < 4.78 is 38.4. The number of likely N-dealkylation sites (N-methyl/N-ethyl adjacent to an activating group) is 1. The monoisotopic (exact) mass is 203 g/mol. The van der Waals surface area contributed by atoms with E-state index in [1.54, 1.807) is 7.05 Å². The van der Waals surface area contributed by atoms with Crippen molar-refractivity contribution in [1.29, 1.82) is 0 Å². The molecule has 78 valence electrons. The number of hydrogen-bond acceptors (Lipinski definition) is 1. The third kappa shape index (κ3) is 2.26. The highest BCUT2D eigenvalue weighted by atomic mass is 19.2. The van der Waals surface area contributed by atoms with Crippen molar-refractivity contribution in [3.8, 4) is 0 Å². The zero-order valence-electron chi connectivity index (χ0n) is 8.07. The van der Waals surface area contributed by atoms with Crippen LogP contribution in [0, 0.1) is 17.5 Å². The van der Waals surface area contributed by atoms with Crippen LogP contribution in [0.4, 0.5) is 13.2 Å². The molecule has 0 fully saturated rings. The van der Waals surface area contributed by atoms with E-state index in [0.717, 1.165) is 6.07 Å². The lowest BCUT2D eigenvalue weighted by atomic mass is 10.1. The number of benzene rings is 1. The van der Waals surface area contributed by atoms with E-state index in [0.29, 0.717) is 6.42 Å². The summed E-state index contributed by atoms with van der Waals surface area (Å²) in [6, 6.07) is 2.23. The normalized spacial score (nSPS) is 12.9. The molecule has 1 unspecified atom stereocenters. The fourth-order valence-corrected chi connectivity index (χ4v) is 1.16. The SMILES string of the molecule is CNC(C)Cc1ccc(F)c(F)c1F. The minimum atomic E-state index is -1.40. The Balaban J connectivity index is 2.94. The molecule has 0 spiro atoms. The van der Waals surface area contributed by atoms with Gasteiger partial charge in [-0.3, -0.25) is 0 Å². The Morgan fingerprint density at radius 1 is 1.21 bits per heavy atom. The zero-order valence-corrected chi connectivity index (χ0v) is 8.07. The van der Waals surface area contributed by atoms with E-state index >= 15 is 0 Å². The van der Waals surface area contributed by atoms with Gasteiger partial charge in [0.25, 0.3) is 0 Å². The second-order valence-electron chi connectivity index (χ2n) is 3.23. The van der Waals surface area contributed by atoms with Crippen LogP contribution >= 0.6 is 0 Å². The van der Waals surface area contributed by atoms with E-state index in [1.807, 2.05) is 6.92 Å². The third-order valence-electron chi connectivity index (χ3n) is 2.13. The highest BCUT2D eigenvalue weighted by Crippen LogP contribution is 2.16. The van der Waals surface area contributed by atoms with Gasteiger partial charge in [0, 0.05) is 6.04 Å². The minimum Gasteiger partial charge on any atom is -0.317 e. The van der Waals surface area contributed by atoms with Gasteiger partial charge in [-0.25, -0.2) is 13.2 Å². The summed E-state index contributed by atoms with van der Waals surface area (Å²) in [7, 11) is 1.72. The van der Waals surface area contributed by atoms with Gasteiger partial charge in [-0.2, -0.15) is 0 Å².